The summed E-state index contributed by atoms with van der Waals surface area (Å²) in [7, 11) is 0. The fourth-order valence-electron chi connectivity index (χ4n) is 2.41. The number of aryl methyl sites for hydroxylation is 1. The number of anilines is 2. The Hall–Kier alpha value is -3.24. The number of halogens is 3. The van der Waals surface area contributed by atoms with Crippen molar-refractivity contribution in [3.8, 4) is 0 Å². The molecule has 2 rings (SSSR count). The van der Waals surface area contributed by atoms with Crippen molar-refractivity contribution in [2.24, 2.45) is 0 Å². The van der Waals surface area contributed by atoms with E-state index in [1.54, 1.807) is 38.5 Å². The molecule has 0 saturated heterocycles. The number of benzene rings is 1. The summed E-state index contributed by atoms with van der Waals surface area (Å²) in [4.78, 5) is 27.9. The molecule has 8 nitrogen and oxygen atoms in total. The third-order valence-electron chi connectivity index (χ3n) is 3.71. The van der Waals surface area contributed by atoms with Crippen molar-refractivity contribution in [1.29, 1.82) is 0 Å². The van der Waals surface area contributed by atoms with Gasteiger partial charge in [0.2, 0.25) is 0 Å². The summed E-state index contributed by atoms with van der Waals surface area (Å²) in [5, 5.41) is 7.57. The standard InChI is InChI=1S/C19H24F3N5O3/c1-12-24-15(11-27(12)10-9-23-17(29)30-18(2,3)4)26-16(28)25-14-7-5-13(6-8-14)19(20,21)22/h5-8,11H,9-10H2,1-4H3,(H,23,29)(H2,25,26,28). The normalized spacial score (nSPS) is 11.7. The van der Waals surface area contributed by atoms with Gasteiger partial charge in [-0.15, -0.1) is 0 Å². The lowest BCUT2D eigenvalue weighted by Gasteiger charge is -2.19. The van der Waals surface area contributed by atoms with Crippen LogP contribution in [0.4, 0.5) is 34.3 Å². The molecule has 0 atom stereocenters. The van der Waals surface area contributed by atoms with Crippen molar-refractivity contribution < 1.29 is 27.5 Å². The molecule has 0 fully saturated rings. The predicted molar refractivity (Wildman–Crippen MR) is 105 cm³/mol. The summed E-state index contributed by atoms with van der Waals surface area (Å²) in [6, 6.07) is 3.44. The fourth-order valence-corrected chi connectivity index (χ4v) is 2.41. The van der Waals surface area contributed by atoms with Crippen LogP contribution < -0.4 is 16.0 Å². The van der Waals surface area contributed by atoms with Crippen LogP contribution in [0.25, 0.3) is 0 Å². The number of nitrogens with zero attached hydrogens (tertiary/aromatic N) is 2. The summed E-state index contributed by atoms with van der Waals surface area (Å²) in [5.41, 5.74) is -1.19. The molecule has 0 aliphatic heterocycles. The Morgan fingerprint density at radius 2 is 1.73 bits per heavy atom. The van der Waals surface area contributed by atoms with Crippen LogP contribution in [0.2, 0.25) is 0 Å². The lowest BCUT2D eigenvalue weighted by atomic mass is 10.2. The Morgan fingerprint density at radius 3 is 2.30 bits per heavy atom. The first kappa shape index (κ1) is 23.0. The topological polar surface area (TPSA) is 97.3 Å². The maximum Gasteiger partial charge on any atom is 0.416 e. The van der Waals surface area contributed by atoms with Gasteiger partial charge in [-0.05, 0) is 52.0 Å². The van der Waals surface area contributed by atoms with Crippen molar-refractivity contribution >= 4 is 23.6 Å². The molecule has 0 spiro atoms. The average Bonchev–Trinajstić information content (AvgIpc) is 2.92. The zero-order valence-corrected chi connectivity index (χ0v) is 17.1. The van der Waals surface area contributed by atoms with Crippen LogP contribution in [0.5, 0.6) is 0 Å². The maximum atomic E-state index is 12.6. The second kappa shape index (κ2) is 9.06. The Labute approximate surface area is 171 Å². The Balaban J connectivity index is 1.86. The fraction of sp³-hybridized carbons (Fsp3) is 0.421. The van der Waals surface area contributed by atoms with Crippen molar-refractivity contribution in [2.75, 3.05) is 17.2 Å². The van der Waals surface area contributed by atoms with Crippen LogP contribution >= 0.6 is 0 Å². The zero-order valence-electron chi connectivity index (χ0n) is 17.1. The highest BCUT2D eigenvalue weighted by Crippen LogP contribution is 2.29. The van der Waals surface area contributed by atoms with Gasteiger partial charge >= 0.3 is 18.3 Å². The number of aromatic nitrogens is 2. The number of carbonyl (C=O) groups is 2. The summed E-state index contributed by atoms with van der Waals surface area (Å²) in [6.07, 6.45) is -3.39. The summed E-state index contributed by atoms with van der Waals surface area (Å²) >= 11 is 0. The van der Waals surface area contributed by atoms with Crippen LogP contribution in [0.15, 0.2) is 30.5 Å². The number of rotatable bonds is 5. The molecule has 0 radical (unpaired) electrons. The minimum atomic E-state index is -4.44. The van der Waals surface area contributed by atoms with Gasteiger partial charge in [0.1, 0.15) is 11.4 Å². The van der Waals surface area contributed by atoms with Gasteiger partial charge in [-0.1, -0.05) is 0 Å². The highest BCUT2D eigenvalue weighted by atomic mass is 19.4. The Bertz CT molecular complexity index is 886. The molecule has 0 aliphatic rings. The third kappa shape index (κ3) is 7.30. The van der Waals surface area contributed by atoms with Crippen LogP contribution in [0.3, 0.4) is 0 Å². The average molecular weight is 427 g/mol. The van der Waals surface area contributed by atoms with E-state index in [1.165, 1.54) is 0 Å². The molecule has 1 heterocycles. The molecule has 0 unspecified atom stereocenters. The highest BCUT2D eigenvalue weighted by molar-refractivity contribution is 5.99. The van der Waals surface area contributed by atoms with E-state index >= 15 is 0 Å². The van der Waals surface area contributed by atoms with E-state index in [-0.39, 0.29) is 11.5 Å². The van der Waals surface area contributed by atoms with Crippen LogP contribution in [-0.2, 0) is 17.5 Å². The molecule has 30 heavy (non-hydrogen) atoms. The molecule has 0 aliphatic carbocycles. The molecular weight excluding hydrogens is 403 g/mol. The van der Waals surface area contributed by atoms with E-state index < -0.39 is 29.5 Å². The summed E-state index contributed by atoms with van der Waals surface area (Å²) in [6.45, 7) is 7.72. The maximum absolute atomic E-state index is 12.6. The van der Waals surface area contributed by atoms with Gasteiger partial charge in [0.05, 0.1) is 5.56 Å². The molecule has 3 amide bonds. The second-order valence-corrected chi connectivity index (χ2v) is 7.45. The van der Waals surface area contributed by atoms with E-state index in [2.05, 4.69) is 20.9 Å². The minimum Gasteiger partial charge on any atom is -0.444 e. The van der Waals surface area contributed by atoms with E-state index in [4.69, 9.17) is 4.74 Å². The molecule has 164 valence electrons. The molecular formula is C19H24F3N5O3. The quantitative estimate of drug-likeness (QED) is 0.660. The van der Waals surface area contributed by atoms with Gasteiger partial charge in [0.15, 0.2) is 5.82 Å². The van der Waals surface area contributed by atoms with Crippen molar-refractivity contribution in [3.05, 3.63) is 41.9 Å². The van der Waals surface area contributed by atoms with Crippen LogP contribution in [0.1, 0.15) is 32.2 Å². The number of ether oxygens (including phenoxy) is 1. The van der Waals surface area contributed by atoms with E-state index in [0.29, 0.717) is 18.9 Å². The van der Waals surface area contributed by atoms with E-state index in [9.17, 15) is 22.8 Å². The SMILES string of the molecule is Cc1nc(NC(=O)Nc2ccc(C(F)(F)F)cc2)cn1CCNC(=O)OC(C)(C)C. The summed E-state index contributed by atoms with van der Waals surface area (Å²) in [5.74, 6) is 0.861. The number of hydrogen-bond acceptors (Lipinski definition) is 4. The van der Waals surface area contributed by atoms with Gasteiger partial charge in [-0.2, -0.15) is 13.2 Å². The molecule has 2 aromatic rings. The number of carbonyl (C=O) groups excluding carboxylic acids is 2. The monoisotopic (exact) mass is 427 g/mol. The second-order valence-electron chi connectivity index (χ2n) is 7.45. The van der Waals surface area contributed by atoms with Crippen molar-refractivity contribution in [3.63, 3.8) is 0 Å². The molecule has 11 heteroatoms. The first-order chi connectivity index (χ1) is 13.8. The molecule has 0 bridgehead atoms. The number of imidazole rings is 1. The Morgan fingerprint density at radius 1 is 1.10 bits per heavy atom. The molecule has 1 aromatic carbocycles. The molecule has 0 saturated carbocycles. The van der Waals surface area contributed by atoms with Gasteiger partial charge in [0.25, 0.3) is 0 Å². The van der Waals surface area contributed by atoms with Crippen LogP contribution in [0, 0.1) is 6.92 Å². The van der Waals surface area contributed by atoms with E-state index in [1.807, 2.05) is 0 Å². The van der Waals surface area contributed by atoms with Gasteiger partial charge < -0.3 is 19.9 Å². The number of urea groups is 1. The number of alkyl carbamates (subject to hydrolysis) is 1. The van der Waals surface area contributed by atoms with Gasteiger partial charge in [0, 0.05) is 25.0 Å². The predicted octanol–water partition coefficient (Wildman–Crippen LogP) is 4.38. The number of hydrogen-bond donors (Lipinski definition) is 3. The first-order valence-electron chi connectivity index (χ1n) is 9.09. The van der Waals surface area contributed by atoms with E-state index in [0.717, 1.165) is 24.3 Å². The molecule has 3 N–H and O–H groups in total. The molecule has 1 aromatic heterocycles. The van der Waals surface area contributed by atoms with Gasteiger partial charge in [-0.25, -0.2) is 14.6 Å². The van der Waals surface area contributed by atoms with Crippen molar-refractivity contribution in [1.82, 2.24) is 14.9 Å². The summed E-state index contributed by atoms with van der Waals surface area (Å²) < 4.78 is 44.6. The van der Waals surface area contributed by atoms with Crippen molar-refractivity contribution in [2.45, 2.75) is 46.0 Å². The first-order valence-corrected chi connectivity index (χ1v) is 9.09. The Kier molecular flexibility index (Phi) is 6.96. The largest absolute Gasteiger partial charge is 0.444 e. The van der Waals surface area contributed by atoms with Gasteiger partial charge in [-0.3, -0.25) is 5.32 Å². The third-order valence-corrected chi connectivity index (χ3v) is 3.71. The lowest BCUT2D eigenvalue weighted by Crippen LogP contribution is -2.34. The number of amides is 3. The number of alkyl halides is 3. The van der Waals surface area contributed by atoms with Crippen LogP contribution in [-0.4, -0.2) is 33.8 Å². The lowest BCUT2D eigenvalue weighted by molar-refractivity contribution is -0.137. The smallest absolute Gasteiger partial charge is 0.416 e. The zero-order chi connectivity index (χ0) is 22.5. The minimum absolute atomic E-state index is 0.207. The number of nitrogens with one attached hydrogen (secondary N) is 3. The highest BCUT2D eigenvalue weighted by Gasteiger charge is 2.30.